The summed E-state index contributed by atoms with van der Waals surface area (Å²) in [6, 6.07) is 17.3. The summed E-state index contributed by atoms with van der Waals surface area (Å²) in [6.07, 6.45) is 0. The van der Waals surface area contributed by atoms with Gasteiger partial charge in [0.2, 0.25) is 0 Å². The van der Waals surface area contributed by atoms with Gasteiger partial charge in [0.15, 0.2) is 0 Å². The molecule has 0 aliphatic carbocycles. The maximum Gasteiger partial charge on any atom is 0.261 e. The summed E-state index contributed by atoms with van der Waals surface area (Å²) >= 11 is 0. The highest BCUT2D eigenvalue weighted by molar-refractivity contribution is 7.92. The summed E-state index contributed by atoms with van der Waals surface area (Å²) in [5.74, 6) is -0.0138. The van der Waals surface area contributed by atoms with Crippen molar-refractivity contribution in [3.8, 4) is 5.75 Å². The van der Waals surface area contributed by atoms with Gasteiger partial charge in [-0.2, -0.15) is 0 Å². The topological polar surface area (TPSA) is 87.7 Å². The minimum atomic E-state index is -3.89. The molecule has 0 heterocycles. The summed E-state index contributed by atoms with van der Waals surface area (Å²) in [4.78, 5) is 14.6. The van der Waals surface area contributed by atoms with Gasteiger partial charge in [-0.3, -0.25) is 9.52 Å². The molecule has 0 radical (unpaired) electrons. The third-order valence-electron chi connectivity index (χ3n) is 5.40. The lowest BCUT2D eigenvalue weighted by Crippen LogP contribution is -2.34. The number of halogens is 1. The average Bonchev–Trinajstić information content (AvgIpc) is 2.81. The molecule has 0 fully saturated rings. The van der Waals surface area contributed by atoms with Crippen LogP contribution in [0.1, 0.15) is 27.5 Å². The van der Waals surface area contributed by atoms with Crippen molar-refractivity contribution in [3.63, 3.8) is 0 Å². The zero-order chi connectivity index (χ0) is 24.9. The second kappa shape index (κ2) is 10.7. The van der Waals surface area contributed by atoms with Crippen LogP contribution in [0.2, 0.25) is 0 Å². The molecular weight excluding hydrogens is 457 g/mol. The fourth-order valence-electron chi connectivity index (χ4n) is 3.43. The standard InChI is InChI=1S/C25H28FN3O4S/c1-17-14-22(12-13-23(17)26)34(31,32)28-20-10-8-18(9-11-20)25(30)27-16-24(29(2)3)19-6-5-7-21(15-19)33-4/h5-15,24,28H,16H2,1-4H3,(H,27,30). The molecule has 34 heavy (non-hydrogen) atoms. The number of likely N-dealkylation sites (N-methyl/N-ethyl adjacent to an activating group) is 1. The predicted octanol–water partition coefficient (Wildman–Crippen LogP) is 3.98. The van der Waals surface area contributed by atoms with E-state index in [0.717, 1.165) is 17.4 Å². The number of nitrogens with zero attached hydrogens (tertiary/aromatic N) is 1. The van der Waals surface area contributed by atoms with Gasteiger partial charge >= 0.3 is 0 Å². The summed E-state index contributed by atoms with van der Waals surface area (Å²) in [6.45, 7) is 1.87. The van der Waals surface area contributed by atoms with Crippen LogP contribution < -0.4 is 14.8 Å². The van der Waals surface area contributed by atoms with Crippen LogP contribution in [-0.2, 0) is 10.0 Å². The Morgan fingerprint density at radius 2 is 1.76 bits per heavy atom. The highest BCUT2D eigenvalue weighted by Gasteiger charge is 2.18. The Balaban J connectivity index is 1.66. The fourth-order valence-corrected chi connectivity index (χ4v) is 4.57. The maximum absolute atomic E-state index is 13.5. The molecule has 0 aliphatic heterocycles. The quantitative estimate of drug-likeness (QED) is 0.479. The number of nitrogens with one attached hydrogen (secondary N) is 2. The van der Waals surface area contributed by atoms with Gasteiger partial charge in [0.1, 0.15) is 11.6 Å². The van der Waals surface area contributed by atoms with E-state index in [9.17, 15) is 17.6 Å². The number of methoxy groups -OCH3 is 1. The van der Waals surface area contributed by atoms with Crippen molar-refractivity contribution in [1.29, 1.82) is 0 Å². The number of hydrogen-bond acceptors (Lipinski definition) is 5. The lowest BCUT2D eigenvalue weighted by atomic mass is 10.1. The Morgan fingerprint density at radius 3 is 2.38 bits per heavy atom. The third-order valence-corrected chi connectivity index (χ3v) is 6.78. The minimum absolute atomic E-state index is 0.0412. The van der Waals surface area contributed by atoms with Crippen LogP contribution in [0.15, 0.2) is 71.6 Å². The van der Waals surface area contributed by atoms with Gasteiger partial charge < -0.3 is 15.0 Å². The van der Waals surface area contributed by atoms with Gasteiger partial charge in [-0.1, -0.05) is 12.1 Å². The van der Waals surface area contributed by atoms with E-state index in [1.165, 1.54) is 31.2 Å². The number of benzene rings is 3. The van der Waals surface area contributed by atoms with E-state index < -0.39 is 15.8 Å². The van der Waals surface area contributed by atoms with Crippen molar-refractivity contribution >= 4 is 21.6 Å². The van der Waals surface area contributed by atoms with Crippen LogP contribution in [0.4, 0.5) is 10.1 Å². The van der Waals surface area contributed by atoms with E-state index in [1.54, 1.807) is 19.2 Å². The van der Waals surface area contributed by atoms with Gasteiger partial charge in [0, 0.05) is 17.8 Å². The van der Waals surface area contributed by atoms with Crippen molar-refractivity contribution in [2.24, 2.45) is 0 Å². The van der Waals surface area contributed by atoms with Crippen molar-refractivity contribution in [2.75, 3.05) is 32.5 Å². The normalized spacial score (nSPS) is 12.3. The molecule has 0 aromatic heterocycles. The molecule has 0 bridgehead atoms. The highest BCUT2D eigenvalue weighted by Crippen LogP contribution is 2.23. The molecule has 9 heteroatoms. The zero-order valence-electron chi connectivity index (χ0n) is 19.5. The van der Waals surface area contributed by atoms with Crippen LogP contribution in [0.5, 0.6) is 5.75 Å². The van der Waals surface area contributed by atoms with Gasteiger partial charge in [0.05, 0.1) is 18.0 Å². The minimum Gasteiger partial charge on any atom is -0.497 e. The number of hydrogen-bond donors (Lipinski definition) is 2. The number of aryl methyl sites for hydroxylation is 1. The number of amides is 1. The lowest BCUT2D eigenvalue weighted by Gasteiger charge is -2.25. The van der Waals surface area contributed by atoms with E-state index >= 15 is 0 Å². The first-order valence-corrected chi connectivity index (χ1v) is 12.1. The molecule has 1 atom stereocenters. The van der Waals surface area contributed by atoms with Crippen LogP contribution in [-0.4, -0.2) is 47.0 Å². The van der Waals surface area contributed by atoms with Crippen molar-refractivity contribution in [2.45, 2.75) is 17.9 Å². The van der Waals surface area contributed by atoms with E-state index in [4.69, 9.17) is 4.74 Å². The zero-order valence-corrected chi connectivity index (χ0v) is 20.3. The number of sulfonamides is 1. The molecule has 2 N–H and O–H groups in total. The largest absolute Gasteiger partial charge is 0.497 e. The van der Waals surface area contributed by atoms with Gasteiger partial charge in [-0.25, -0.2) is 12.8 Å². The molecule has 7 nitrogen and oxygen atoms in total. The van der Waals surface area contributed by atoms with Crippen LogP contribution in [0.25, 0.3) is 0 Å². The molecule has 3 aromatic carbocycles. The Labute approximate surface area is 199 Å². The summed E-state index contributed by atoms with van der Waals surface area (Å²) in [7, 11) is 1.58. The van der Waals surface area contributed by atoms with Crippen molar-refractivity contribution < 1.29 is 22.3 Å². The number of carbonyl (C=O) groups excluding carboxylic acids is 1. The van der Waals surface area contributed by atoms with Crippen LogP contribution >= 0.6 is 0 Å². The first-order valence-electron chi connectivity index (χ1n) is 10.6. The molecular formula is C25H28FN3O4S. The van der Waals surface area contributed by atoms with Gasteiger partial charge in [-0.15, -0.1) is 0 Å². The maximum atomic E-state index is 13.5. The van der Waals surface area contributed by atoms with E-state index in [2.05, 4.69) is 10.0 Å². The number of carbonyl (C=O) groups is 1. The van der Waals surface area contributed by atoms with Crippen molar-refractivity contribution in [1.82, 2.24) is 10.2 Å². The molecule has 0 saturated heterocycles. The Bertz CT molecular complexity index is 1260. The number of rotatable bonds is 9. The molecule has 1 unspecified atom stereocenters. The smallest absolute Gasteiger partial charge is 0.261 e. The van der Waals surface area contributed by atoms with Gasteiger partial charge in [-0.05, 0) is 86.7 Å². The lowest BCUT2D eigenvalue weighted by molar-refractivity contribution is 0.0942. The van der Waals surface area contributed by atoms with Crippen LogP contribution in [0, 0.1) is 12.7 Å². The number of ether oxygens (including phenoxy) is 1. The molecule has 0 spiro atoms. The summed E-state index contributed by atoms with van der Waals surface area (Å²) in [5.41, 5.74) is 1.93. The van der Waals surface area contributed by atoms with Gasteiger partial charge in [0.25, 0.3) is 15.9 Å². The second-order valence-corrected chi connectivity index (χ2v) is 9.74. The van der Waals surface area contributed by atoms with E-state index in [1.807, 2.05) is 43.3 Å². The second-order valence-electron chi connectivity index (χ2n) is 8.06. The molecule has 3 aromatic rings. The van der Waals surface area contributed by atoms with E-state index in [0.29, 0.717) is 17.8 Å². The Kier molecular flexibility index (Phi) is 7.90. The predicted molar refractivity (Wildman–Crippen MR) is 130 cm³/mol. The van der Waals surface area contributed by atoms with E-state index in [-0.39, 0.29) is 22.4 Å². The number of anilines is 1. The average molecular weight is 486 g/mol. The molecule has 180 valence electrons. The molecule has 0 aliphatic rings. The molecule has 0 saturated carbocycles. The Morgan fingerprint density at radius 1 is 1.06 bits per heavy atom. The monoisotopic (exact) mass is 485 g/mol. The first kappa shape index (κ1) is 25.2. The highest BCUT2D eigenvalue weighted by atomic mass is 32.2. The summed E-state index contributed by atoms with van der Waals surface area (Å²) in [5, 5.41) is 2.93. The summed E-state index contributed by atoms with van der Waals surface area (Å²) < 4.78 is 46.4. The van der Waals surface area contributed by atoms with Crippen molar-refractivity contribution in [3.05, 3.63) is 89.2 Å². The third kappa shape index (κ3) is 6.12. The molecule has 3 rings (SSSR count). The van der Waals surface area contributed by atoms with Crippen LogP contribution in [0.3, 0.4) is 0 Å². The first-order chi connectivity index (χ1) is 16.1. The fraction of sp³-hybridized carbons (Fsp3) is 0.240. The Hall–Kier alpha value is -3.43. The molecule has 1 amide bonds. The SMILES string of the molecule is COc1cccc(C(CNC(=O)c2ccc(NS(=O)(=O)c3ccc(F)c(C)c3)cc2)N(C)C)c1.